The predicted octanol–water partition coefficient (Wildman–Crippen LogP) is 6.00. The van der Waals surface area contributed by atoms with Gasteiger partial charge >= 0.3 is 5.97 Å². The van der Waals surface area contributed by atoms with Gasteiger partial charge in [0.1, 0.15) is 77.7 Å². The van der Waals surface area contributed by atoms with Gasteiger partial charge in [-0.25, -0.2) is 0 Å². The summed E-state index contributed by atoms with van der Waals surface area (Å²) in [4.78, 5) is 208. The maximum absolute atomic E-state index is 15.2. The summed E-state index contributed by atoms with van der Waals surface area (Å²) in [7, 11) is 14.8. The lowest BCUT2D eigenvalue weighted by atomic mass is 9.47. The topological polar surface area (TPSA) is 444 Å². The van der Waals surface area contributed by atoms with Crippen LogP contribution in [-0.4, -0.2) is 352 Å². The maximum atomic E-state index is 15.2. The number of nitrogens with zero attached hydrogens (tertiary/aromatic N) is 10. The highest BCUT2D eigenvalue weighted by molar-refractivity contribution is 6.01. The van der Waals surface area contributed by atoms with E-state index in [9.17, 15) is 68.4 Å². The molecular formula is C105H166N16O19. The van der Waals surface area contributed by atoms with E-state index >= 15 is 14.4 Å². The van der Waals surface area contributed by atoms with E-state index in [1.54, 1.807) is 61.7 Å². The molecule has 10 rings (SSSR count). The number of benzene rings is 2. The Balaban J connectivity index is 0.000000338. The second-order valence-electron chi connectivity index (χ2n) is 43.6. The third kappa shape index (κ3) is 22.3. The van der Waals surface area contributed by atoms with Gasteiger partial charge in [-0.2, -0.15) is 0 Å². The van der Waals surface area contributed by atoms with Gasteiger partial charge in [0.25, 0.3) is 5.91 Å². The zero-order valence-electron chi connectivity index (χ0n) is 88.7. The van der Waals surface area contributed by atoms with Crippen molar-refractivity contribution in [2.45, 2.75) is 315 Å². The second kappa shape index (κ2) is 46.1. The van der Waals surface area contributed by atoms with Crippen LogP contribution in [0, 0.1) is 52.8 Å². The highest BCUT2D eigenvalue weighted by atomic mass is 16.5. The quantitative estimate of drug-likeness (QED) is 0.0431. The average molecular weight is 1960 g/mol. The van der Waals surface area contributed by atoms with Crippen LogP contribution < -0.4 is 36.6 Å². The molecule has 4 fully saturated rings. The number of likely N-dealkylation sites (N-methyl/N-ethyl adjacent to an activating group) is 8. The van der Waals surface area contributed by atoms with E-state index in [-0.39, 0.29) is 67.7 Å². The molecule has 1 aliphatic carbocycles. The van der Waals surface area contributed by atoms with Gasteiger partial charge in [0.05, 0.1) is 38.5 Å². The number of anilines is 1. The van der Waals surface area contributed by atoms with Gasteiger partial charge < -0.3 is 101 Å². The lowest BCUT2D eigenvalue weighted by molar-refractivity contribution is -0.201. The Morgan fingerprint density at radius 2 is 1.16 bits per heavy atom. The lowest BCUT2D eigenvalue weighted by Crippen LogP contribution is -2.81. The number of fused-ring (bicyclic) bond motifs is 6. The number of aromatic amines is 1. The highest BCUT2D eigenvalue weighted by Gasteiger charge is 2.79. The van der Waals surface area contributed by atoms with Crippen LogP contribution >= 0.6 is 0 Å². The fourth-order valence-electron chi connectivity index (χ4n) is 23.7. The molecule has 1 unspecified atom stereocenters. The largest absolute Gasteiger partial charge is 0.496 e. The SMILES string of the molecule is C/C=C/C[C@@H](C)[C@@H](O)[C@H]1C(=O)N[C@@H](CC)C(=O)N(C)CC(=O)N(C)[C@@H](CC(C)C)C(=O)N[C@@H](C(C)C)C(=O)N(C)[C@@H](CC(C)C)C(=O)N[C@@H](C)C(=O)N[C@H](C)C(=O)N(C)[C@@H](CC(C)C)C(=O)N(C)[C@@H](CC(C)C)C(=O)N(C)[C@@H](C(C)C)C(=O)N1C.CC[C@]1(O)C[C@H]2CN(CCc3c([nH]c4ccccc34)[C@@](C(=O)OC)(c3cc4c(cc3OC)N(C)[C@H]3[C@@](O)(C(N)=O)[C@H](O)[C@]5(CC)C=CCN6CC[C@]43[C@@H]65)C2)C1. The van der Waals surface area contributed by atoms with Crippen LogP contribution in [0.2, 0.25) is 0 Å². The zero-order valence-corrected chi connectivity index (χ0v) is 88.7. The number of allylic oxidation sites excluding steroid dienone is 2. The lowest BCUT2D eigenvalue weighted by Gasteiger charge is -2.63. The number of aromatic nitrogens is 1. The number of para-hydroxylation sites is 1. The molecule has 1 aromatic heterocycles. The molecule has 35 heteroatoms. The van der Waals surface area contributed by atoms with E-state index in [4.69, 9.17) is 15.2 Å². The molecule has 780 valence electrons. The Morgan fingerprint density at radius 1 is 0.600 bits per heavy atom. The Labute approximate surface area is 829 Å². The van der Waals surface area contributed by atoms with E-state index in [0.717, 1.165) is 56.3 Å². The smallest absolute Gasteiger partial charge is 0.322 e. The summed E-state index contributed by atoms with van der Waals surface area (Å²) in [6, 6.07) is -1.31. The summed E-state index contributed by atoms with van der Waals surface area (Å²) >= 11 is 0. The fraction of sp³-hybridized carbons (Fsp3) is 0.705. The molecule has 7 heterocycles. The molecule has 1 saturated carbocycles. The highest BCUT2D eigenvalue weighted by Crippen LogP contribution is 2.68. The molecule has 3 saturated heterocycles. The first-order valence-electron chi connectivity index (χ1n) is 50.6. The fourth-order valence-corrected chi connectivity index (χ4v) is 23.7. The number of aliphatic hydroxyl groups is 4. The van der Waals surface area contributed by atoms with E-state index in [0.29, 0.717) is 75.9 Å². The molecule has 12 amide bonds. The van der Waals surface area contributed by atoms with E-state index in [2.05, 4.69) is 48.2 Å². The average Bonchev–Trinajstić information content (AvgIpc) is 1.47. The first-order chi connectivity index (χ1) is 65.5. The number of carbonyl (C=O) groups is 13. The number of piperidine rings is 1. The van der Waals surface area contributed by atoms with E-state index in [1.807, 2.05) is 124 Å². The van der Waals surface area contributed by atoms with Crippen LogP contribution in [0.5, 0.6) is 5.75 Å². The molecular weight excluding hydrogens is 1790 g/mol. The number of H-pyrrole nitrogens is 1. The number of esters is 1. The van der Waals surface area contributed by atoms with Crippen LogP contribution in [0.15, 0.2) is 60.7 Å². The Bertz CT molecular complexity index is 5050. The van der Waals surface area contributed by atoms with Crippen molar-refractivity contribution in [2.24, 2.45) is 58.5 Å². The predicted molar refractivity (Wildman–Crippen MR) is 537 cm³/mol. The minimum Gasteiger partial charge on any atom is -0.496 e. The van der Waals surface area contributed by atoms with Crippen molar-refractivity contribution in [3.63, 3.8) is 0 Å². The Hall–Kier alpha value is -10.1. The van der Waals surface area contributed by atoms with Crippen molar-refractivity contribution in [2.75, 3.05) is 115 Å². The third-order valence-electron chi connectivity index (χ3n) is 31.3. The first-order valence-corrected chi connectivity index (χ1v) is 50.6. The van der Waals surface area contributed by atoms with Crippen molar-refractivity contribution >= 4 is 93.4 Å². The number of carbonyl (C=O) groups excluding carboxylic acids is 13. The number of hydrogen-bond acceptors (Lipinski definition) is 22. The van der Waals surface area contributed by atoms with Crippen molar-refractivity contribution in [3.05, 3.63) is 83.1 Å². The summed E-state index contributed by atoms with van der Waals surface area (Å²) in [5.74, 6) is -10.7. The normalized spacial score (nSPS) is 31.6. The summed E-state index contributed by atoms with van der Waals surface area (Å²) in [5.41, 5.74) is 4.72. The minimum absolute atomic E-state index is 0.0229. The zero-order chi connectivity index (χ0) is 105. The molecule has 1 spiro atoms. The monoisotopic (exact) mass is 1960 g/mol. The van der Waals surface area contributed by atoms with Crippen molar-refractivity contribution in [3.8, 4) is 5.75 Å². The van der Waals surface area contributed by atoms with Crippen LogP contribution in [0.4, 0.5) is 5.69 Å². The molecule has 7 aliphatic rings. The maximum Gasteiger partial charge on any atom is 0.322 e. The molecule has 140 heavy (non-hydrogen) atoms. The second-order valence-corrected chi connectivity index (χ2v) is 43.6. The molecule has 6 aliphatic heterocycles. The number of hydrogen-bond donors (Lipinski definition) is 10. The van der Waals surface area contributed by atoms with Crippen LogP contribution in [0.25, 0.3) is 10.9 Å². The summed E-state index contributed by atoms with van der Waals surface area (Å²) in [6.45, 7) is 36.7. The van der Waals surface area contributed by atoms with Crippen molar-refractivity contribution < 1.29 is 92.2 Å². The van der Waals surface area contributed by atoms with Gasteiger partial charge in [0.2, 0.25) is 65.0 Å². The molecule has 3 aromatic rings. The number of ether oxygens (including phenoxy) is 2. The van der Waals surface area contributed by atoms with E-state index in [1.165, 1.54) is 94.8 Å². The standard InChI is InChI=1S/C62H111N11O12.C43H55N5O7/c1-25-27-28-40(15)52(75)51-56(79)65-43(26-2)58(81)67(18)33-48(74)68(19)44(29-34(3)4)55(78)66-49(38(11)12)61(84)69(20)45(30-35(5)6)54(77)63-41(16)53(76)64-42(17)57(80)70(21)46(31-36(7)8)59(82)71(22)47(32-37(9)10)60(83)72(23)50(39(13)14)62(85)73(51)24;1-6-39(52)21-25-22-42(38(51)55-5,33-27(13-17-47(23-25)24-39)26-11-8-9-12-30(26)45-33)29-19-28-31(20-32(29)54-4)46(3)35-41(28)15-18-48-16-10-14-40(7-2,34(41)48)36(49)43(35,53)37(44)50/h25,27,34-47,49-52,75H,26,28-33H2,1-24H3,(H,63,77)(H,64,76)(H,65,79)(H,66,78);8-12,14,19-20,25,34-36,45,49,52-53H,6-7,13,15-18,21-24H2,1-5H3,(H2,44,50)/b27-25+;/t40-,41+,42-,43+,44+,45+,46+,47+,49+,50+,51+,52-;25-,34+,35-,36-,39+,40-,41-,42+,43+/m11/s1. The van der Waals surface area contributed by atoms with Crippen molar-refractivity contribution in [1.82, 2.24) is 70.4 Å². The first kappa shape index (κ1) is 114. The molecule has 2 bridgehead atoms. The van der Waals surface area contributed by atoms with Crippen LogP contribution in [-0.2, 0) is 84.3 Å². The van der Waals surface area contributed by atoms with Gasteiger partial charge in [-0.15, -0.1) is 0 Å². The summed E-state index contributed by atoms with van der Waals surface area (Å²) in [5, 5.41) is 61.0. The van der Waals surface area contributed by atoms with Crippen LogP contribution in [0.1, 0.15) is 225 Å². The number of nitrogens with two attached hydrogens (primary N) is 1. The van der Waals surface area contributed by atoms with Crippen LogP contribution in [0.3, 0.4) is 0 Å². The van der Waals surface area contributed by atoms with E-state index < -0.39 is 207 Å². The number of rotatable bonds is 21. The molecule has 2 aromatic carbocycles. The third-order valence-corrected chi connectivity index (χ3v) is 31.3. The minimum atomic E-state index is -2.30. The number of aliphatic hydroxyl groups excluding tert-OH is 2. The van der Waals surface area contributed by atoms with Gasteiger partial charge in [0, 0.05) is 133 Å². The molecule has 11 N–H and O–H groups in total. The van der Waals surface area contributed by atoms with Gasteiger partial charge in [-0.05, 0) is 175 Å². The number of nitrogens with one attached hydrogen (secondary N) is 5. The van der Waals surface area contributed by atoms with Gasteiger partial charge in [0.15, 0.2) is 5.60 Å². The Morgan fingerprint density at radius 3 is 1.71 bits per heavy atom. The molecule has 35 nitrogen and oxygen atoms in total. The molecule has 22 atom stereocenters. The summed E-state index contributed by atoms with van der Waals surface area (Å²) < 4.78 is 12.2. The summed E-state index contributed by atoms with van der Waals surface area (Å²) in [6.07, 6.45) is 8.82. The number of methoxy groups -OCH3 is 2. The van der Waals surface area contributed by atoms with Gasteiger partial charge in [-0.1, -0.05) is 153 Å². The molecule has 0 radical (unpaired) electrons. The van der Waals surface area contributed by atoms with Gasteiger partial charge in [-0.3, -0.25) is 72.1 Å². The number of primary amides is 1. The number of amides is 12. The van der Waals surface area contributed by atoms with Crippen molar-refractivity contribution in [1.29, 1.82) is 0 Å². The Kier molecular flexibility index (Phi) is 37.4.